The standard InChI is InChI=1S/C66H42N2O2.C66H48N2O2/c1-3-21-45(22-4-1)67(47-25-15-19-43(39-47)49-33-17-35-57-55-31-11-13-37-63(55)69-65(49)57)61-41-59-52-28-8-10-30-54(52)62(42-60(59)51-27-7-9-29-53(51)61)68(46-23-5-2-6-24-46)48-26-16-20-44(40-48)50-34-18-36-58-56-32-12-14-38-64(56)70-66(50)58;1-66(2,3)45-38-39-56-59(42-45)63(68(47-24-8-5-9-25-47)49-27-17-21-44(41-49)51-33-19-35-58-53-29-13-15-37-61(53)70-65(51)58)55-31-11-10-30-54(55)62(56)67(46-22-6-4-7-23-46)48-26-16-20-43(40-48)50-32-18-34-57-52-28-12-14-36-60(52)69-64(50)57/h1-42H;4-42H,1-3H3. The van der Waals surface area contributed by atoms with Crippen LogP contribution in [-0.4, -0.2) is 0 Å². The highest BCUT2D eigenvalue weighted by atomic mass is 16.3. The monoisotopic (exact) mass is 1790 g/mol. The summed E-state index contributed by atoms with van der Waals surface area (Å²) in [5.74, 6) is 0. The van der Waals surface area contributed by atoms with E-state index in [1.165, 1.54) is 27.1 Å². The molecule has 0 radical (unpaired) electrons. The van der Waals surface area contributed by atoms with Crippen molar-refractivity contribution in [3.63, 3.8) is 0 Å². The van der Waals surface area contributed by atoms with Gasteiger partial charge in [-0.3, -0.25) is 0 Å². The van der Waals surface area contributed by atoms with Crippen molar-refractivity contribution in [1.82, 2.24) is 0 Å². The first kappa shape index (κ1) is 82.4. The van der Waals surface area contributed by atoms with Gasteiger partial charge in [-0.15, -0.1) is 0 Å². The summed E-state index contributed by atoms with van der Waals surface area (Å²) in [5.41, 5.74) is 29.7. The van der Waals surface area contributed by atoms with E-state index in [4.69, 9.17) is 17.7 Å². The predicted molar refractivity (Wildman–Crippen MR) is 589 cm³/mol. The van der Waals surface area contributed by atoms with Crippen LogP contribution in [0.15, 0.2) is 509 Å². The fraction of sp³-hybridized carbons (Fsp3) is 0.0303. The highest BCUT2D eigenvalue weighted by Gasteiger charge is 2.31. The molecule has 23 aromatic carbocycles. The number of hydrogen-bond donors (Lipinski definition) is 0. The molecule has 662 valence electrons. The first-order valence-electron chi connectivity index (χ1n) is 47.9. The maximum atomic E-state index is 6.62. The Kier molecular flexibility index (Phi) is 20.0. The third-order valence-corrected chi connectivity index (χ3v) is 27.9. The SMILES string of the molecule is CC(C)(C)c1ccc2c(N(c3ccccc3)c3cccc(-c4cccc5c4oc4ccccc45)c3)c3ccccc3c(N(c3ccccc3)c3cccc(-c4cccc5c4oc4ccccc45)c3)c2c1.c1ccc(N(c2cccc(-c3cccc4c3oc3ccccc34)c2)c2cc3c4ccccc4c(N(c4ccccc4)c4cccc(-c5cccc6c5oc5ccccc56)c4)cc3c3ccccc23)cc1. The predicted octanol–water partition coefficient (Wildman–Crippen LogP) is 38.6. The molecule has 0 fully saturated rings. The van der Waals surface area contributed by atoms with Crippen LogP contribution in [0.4, 0.5) is 68.2 Å². The number of nitrogens with zero attached hydrogens (tertiary/aromatic N) is 4. The maximum Gasteiger partial charge on any atom is 0.143 e. The van der Waals surface area contributed by atoms with E-state index in [0.29, 0.717) is 0 Å². The molecule has 0 aliphatic carbocycles. The summed E-state index contributed by atoms with van der Waals surface area (Å²) >= 11 is 0. The summed E-state index contributed by atoms with van der Waals surface area (Å²) in [5, 5.41) is 20.5. The molecule has 4 heterocycles. The largest absolute Gasteiger partial charge is 0.455 e. The van der Waals surface area contributed by atoms with Crippen LogP contribution in [-0.2, 0) is 5.41 Å². The smallest absolute Gasteiger partial charge is 0.143 e. The molecule has 0 spiro atoms. The van der Waals surface area contributed by atoms with E-state index < -0.39 is 0 Å². The van der Waals surface area contributed by atoms with Crippen LogP contribution < -0.4 is 19.6 Å². The molecule has 4 aromatic heterocycles. The van der Waals surface area contributed by atoms with E-state index in [-0.39, 0.29) is 5.41 Å². The van der Waals surface area contributed by atoms with Gasteiger partial charge in [0.15, 0.2) is 0 Å². The van der Waals surface area contributed by atoms with Crippen LogP contribution in [0.25, 0.3) is 186 Å². The second kappa shape index (κ2) is 34.0. The molecule has 0 aliphatic heterocycles. The van der Waals surface area contributed by atoms with E-state index >= 15 is 0 Å². The van der Waals surface area contributed by atoms with Crippen molar-refractivity contribution in [3.8, 4) is 44.5 Å². The van der Waals surface area contributed by atoms with Gasteiger partial charge >= 0.3 is 0 Å². The molecule has 0 bridgehead atoms. The van der Waals surface area contributed by atoms with Gasteiger partial charge in [-0.05, 0) is 194 Å². The molecule has 27 aromatic rings. The number of para-hydroxylation sites is 12. The second-order valence-electron chi connectivity index (χ2n) is 37.2. The van der Waals surface area contributed by atoms with Gasteiger partial charge < -0.3 is 37.3 Å². The highest BCUT2D eigenvalue weighted by molar-refractivity contribution is 6.27. The van der Waals surface area contributed by atoms with E-state index in [0.717, 1.165) is 233 Å². The molecule has 0 unspecified atom stereocenters. The Morgan fingerprint density at radius 2 is 0.393 bits per heavy atom. The molecule has 0 saturated heterocycles. The van der Waals surface area contributed by atoms with Gasteiger partial charge in [-0.1, -0.05) is 373 Å². The molecule has 8 nitrogen and oxygen atoms in total. The quantitative estimate of drug-likeness (QED) is 0.0539. The Morgan fingerprint density at radius 1 is 0.157 bits per heavy atom. The van der Waals surface area contributed by atoms with Crippen LogP contribution in [0, 0.1) is 0 Å². The van der Waals surface area contributed by atoms with E-state index in [9.17, 15) is 0 Å². The van der Waals surface area contributed by atoms with Gasteiger partial charge in [-0.2, -0.15) is 0 Å². The lowest BCUT2D eigenvalue weighted by Gasteiger charge is -2.33. The molecule has 0 N–H and O–H groups in total. The molecule has 0 aliphatic rings. The van der Waals surface area contributed by atoms with Crippen molar-refractivity contribution < 1.29 is 17.7 Å². The van der Waals surface area contributed by atoms with Crippen LogP contribution in [0.5, 0.6) is 0 Å². The molecule has 140 heavy (non-hydrogen) atoms. The minimum Gasteiger partial charge on any atom is -0.455 e. The minimum absolute atomic E-state index is 0.120. The van der Waals surface area contributed by atoms with E-state index in [1.54, 1.807) is 0 Å². The zero-order chi connectivity index (χ0) is 93.0. The number of fused-ring (bicyclic) bond motifs is 19. The number of anilines is 12. The van der Waals surface area contributed by atoms with Gasteiger partial charge in [0, 0.05) is 143 Å². The molecule has 0 amide bonds. The van der Waals surface area contributed by atoms with Gasteiger partial charge in [0.1, 0.15) is 44.7 Å². The number of benzene rings is 23. The fourth-order valence-corrected chi connectivity index (χ4v) is 21.5. The summed E-state index contributed by atoms with van der Waals surface area (Å²) in [6.45, 7) is 6.91. The lowest BCUT2D eigenvalue weighted by Crippen LogP contribution is -2.16. The van der Waals surface area contributed by atoms with E-state index in [1.807, 2.05) is 36.4 Å². The average Bonchev–Trinajstić information content (AvgIpc) is 1.02. The first-order chi connectivity index (χ1) is 69.1. The van der Waals surface area contributed by atoms with Crippen molar-refractivity contribution in [2.75, 3.05) is 19.6 Å². The van der Waals surface area contributed by atoms with Crippen molar-refractivity contribution in [1.29, 1.82) is 0 Å². The zero-order valence-corrected chi connectivity index (χ0v) is 77.2. The Hall–Kier alpha value is -18.2. The second-order valence-corrected chi connectivity index (χ2v) is 37.2. The molecule has 0 saturated carbocycles. The van der Waals surface area contributed by atoms with Gasteiger partial charge in [0.25, 0.3) is 0 Å². The molecule has 8 heteroatoms. The zero-order valence-electron chi connectivity index (χ0n) is 77.2. The third kappa shape index (κ3) is 14.1. The van der Waals surface area contributed by atoms with Crippen molar-refractivity contribution >= 4 is 210 Å². The lowest BCUT2D eigenvalue weighted by atomic mass is 9.84. The first-order valence-corrected chi connectivity index (χ1v) is 47.9. The summed E-state index contributed by atoms with van der Waals surface area (Å²) in [7, 11) is 0. The minimum atomic E-state index is -0.120. The lowest BCUT2D eigenvalue weighted by molar-refractivity contribution is 0.591. The third-order valence-electron chi connectivity index (χ3n) is 27.9. The van der Waals surface area contributed by atoms with Crippen molar-refractivity contribution in [2.45, 2.75) is 26.2 Å². The van der Waals surface area contributed by atoms with Gasteiger partial charge in [0.2, 0.25) is 0 Å². The van der Waals surface area contributed by atoms with Crippen LogP contribution >= 0.6 is 0 Å². The Labute approximate surface area is 809 Å². The fourth-order valence-electron chi connectivity index (χ4n) is 21.5. The molecular weight excluding hydrogens is 1710 g/mol. The average molecular weight is 1800 g/mol. The normalized spacial score (nSPS) is 11.8. The molecule has 27 rings (SSSR count). The van der Waals surface area contributed by atoms with Crippen LogP contribution in [0.3, 0.4) is 0 Å². The Bertz CT molecular complexity index is 9260. The van der Waals surface area contributed by atoms with Gasteiger partial charge in [-0.25, -0.2) is 0 Å². The number of hydrogen-bond acceptors (Lipinski definition) is 8. The Morgan fingerprint density at radius 3 is 0.707 bits per heavy atom. The molecular formula is C132H90N4O4. The van der Waals surface area contributed by atoms with Crippen molar-refractivity contribution in [2.24, 2.45) is 0 Å². The number of rotatable bonds is 16. The van der Waals surface area contributed by atoms with Crippen molar-refractivity contribution in [3.05, 3.63) is 497 Å². The summed E-state index contributed by atoms with van der Waals surface area (Å²) in [6, 6.07) is 176. The Balaban J connectivity index is 0.000000144. The number of furan rings is 4. The molecule has 0 atom stereocenters. The van der Waals surface area contributed by atoms with Gasteiger partial charge in [0.05, 0.1) is 22.7 Å². The van der Waals surface area contributed by atoms with Crippen LogP contribution in [0.2, 0.25) is 0 Å². The summed E-state index contributed by atoms with van der Waals surface area (Å²) < 4.78 is 26.4. The summed E-state index contributed by atoms with van der Waals surface area (Å²) in [4.78, 5) is 9.74. The highest BCUT2D eigenvalue weighted by Crippen LogP contribution is 2.56. The summed E-state index contributed by atoms with van der Waals surface area (Å²) in [6.07, 6.45) is 0. The van der Waals surface area contributed by atoms with E-state index in [2.05, 4.69) is 495 Å². The van der Waals surface area contributed by atoms with Crippen LogP contribution in [0.1, 0.15) is 26.3 Å². The maximum absolute atomic E-state index is 6.62. The topological polar surface area (TPSA) is 65.5 Å².